The molecule has 1 aromatic rings. The lowest BCUT2D eigenvalue weighted by Crippen LogP contribution is -2.50. The molecule has 3 aliphatic rings. The largest absolute Gasteiger partial charge is 0.724 e. The van der Waals surface area contributed by atoms with Crippen LogP contribution in [-0.2, 0) is 29.1 Å². The van der Waals surface area contributed by atoms with E-state index in [1.54, 1.807) is 4.90 Å². The third kappa shape index (κ3) is 9.85. The number of rotatable bonds is 7. The predicted molar refractivity (Wildman–Crippen MR) is 137 cm³/mol. The van der Waals surface area contributed by atoms with Crippen LogP contribution in [-0.4, -0.2) is 114 Å². The third-order valence-electron chi connectivity index (χ3n) is 6.33. The number of nitrogens with zero attached hydrogens (tertiary/aromatic N) is 4. The van der Waals surface area contributed by atoms with E-state index in [1.807, 2.05) is 51.4 Å². The Balaban J connectivity index is 0.000000649. The van der Waals surface area contributed by atoms with Crippen LogP contribution in [0.1, 0.15) is 40.0 Å². The Morgan fingerprint density at radius 2 is 1.82 bits per heavy atom. The van der Waals surface area contributed by atoms with Crippen molar-refractivity contribution in [3.05, 3.63) is 30.6 Å². The maximum Gasteiger partial charge on any atom is 0.410 e. The molecule has 1 aromatic heterocycles. The molecule has 0 saturated carbocycles. The number of amides is 4. The third-order valence-corrected chi connectivity index (χ3v) is 6.67. The van der Waals surface area contributed by atoms with Gasteiger partial charge >= 0.3 is 12.1 Å². The number of carbonyl (C=O) groups excluding carboxylic acids is 3. The summed E-state index contributed by atoms with van der Waals surface area (Å²) in [4.78, 5) is 50.3. The Bertz CT molecular complexity index is 1080. The number of fused-ring (bicyclic) bond motifs is 2. The van der Waals surface area contributed by atoms with Gasteiger partial charge in [-0.1, -0.05) is 6.07 Å². The molecule has 0 spiro atoms. The maximum absolute atomic E-state index is 12.5. The van der Waals surface area contributed by atoms with Crippen molar-refractivity contribution in [2.45, 2.75) is 57.7 Å². The Labute approximate surface area is 234 Å². The molecular formula is C24H38N6O9S. The first-order chi connectivity index (χ1) is 18.8. The summed E-state index contributed by atoms with van der Waals surface area (Å²) in [7, 11) is -5.09. The quantitative estimate of drug-likeness (QED) is 0.200. The molecule has 16 heteroatoms. The number of aromatic amines is 1. The number of carbonyl (C=O) groups is 3. The SMILES string of the molecule is CC(C)(C)OC(=O)N1CCCN(CCONC(=O)[C@@H]2CC[C@@H]3CN2C(=O)N3OS(=O)(=O)[O-])CC1.c1cc[nH+]cc1. The summed E-state index contributed by atoms with van der Waals surface area (Å²) in [5.41, 5.74) is 1.79. The average Bonchev–Trinajstić information content (AvgIpc) is 3.05. The minimum absolute atomic E-state index is 0.0777. The summed E-state index contributed by atoms with van der Waals surface area (Å²) >= 11 is 0. The number of hydrogen-bond acceptors (Lipinski definition) is 10. The van der Waals surface area contributed by atoms with Crippen LogP contribution in [0, 0.1) is 0 Å². The van der Waals surface area contributed by atoms with Crippen LogP contribution in [0.2, 0.25) is 0 Å². The van der Waals surface area contributed by atoms with Gasteiger partial charge in [-0.3, -0.25) is 14.5 Å². The minimum Gasteiger partial charge on any atom is -0.724 e. The molecule has 0 radical (unpaired) electrons. The highest BCUT2D eigenvalue weighted by atomic mass is 32.3. The number of ether oxygens (including phenoxy) is 1. The van der Waals surface area contributed by atoms with Crippen LogP contribution in [0.4, 0.5) is 9.59 Å². The van der Waals surface area contributed by atoms with Crippen LogP contribution in [0.25, 0.3) is 0 Å². The van der Waals surface area contributed by atoms with Crippen molar-refractivity contribution >= 4 is 28.4 Å². The molecular weight excluding hydrogens is 548 g/mol. The van der Waals surface area contributed by atoms with Crippen molar-refractivity contribution in [2.24, 2.45) is 0 Å². The van der Waals surface area contributed by atoms with Crippen LogP contribution in [0.15, 0.2) is 30.6 Å². The van der Waals surface area contributed by atoms with Gasteiger partial charge in [0.2, 0.25) is 10.4 Å². The average molecular weight is 587 g/mol. The Hall–Kier alpha value is -3.05. The van der Waals surface area contributed by atoms with Crippen molar-refractivity contribution < 1.29 is 46.2 Å². The van der Waals surface area contributed by atoms with Crippen molar-refractivity contribution in [3.63, 3.8) is 0 Å². The molecule has 15 nitrogen and oxygen atoms in total. The molecule has 0 aromatic carbocycles. The summed E-state index contributed by atoms with van der Waals surface area (Å²) in [5, 5.41) is 0.524. The molecule has 224 valence electrons. The molecule has 0 unspecified atom stereocenters. The zero-order valence-electron chi connectivity index (χ0n) is 23.0. The highest BCUT2D eigenvalue weighted by Crippen LogP contribution is 2.30. The van der Waals surface area contributed by atoms with Crippen molar-refractivity contribution in [2.75, 3.05) is 45.9 Å². The van der Waals surface area contributed by atoms with Crippen LogP contribution in [0.5, 0.6) is 0 Å². The molecule has 4 amide bonds. The molecule has 0 aliphatic carbocycles. The van der Waals surface area contributed by atoms with Crippen molar-refractivity contribution in [1.82, 2.24) is 25.2 Å². The van der Waals surface area contributed by atoms with Gasteiger partial charge in [-0.05, 0) is 46.6 Å². The smallest absolute Gasteiger partial charge is 0.410 e. The Kier molecular flexibility index (Phi) is 11.0. The van der Waals surface area contributed by atoms with Crippen LogP contribution < -0.4 is 10.5 Å². The summed E-state index contributed by atoms with van der Waals surface area (Å²) in [6, 6.07) is 3.55. The zero-order chi connectivity index (χ0) is 29.3. The fourth-order valence-corrected chi connectivity index (χ4v) is 4.89. The first kappa shape index (κ1) is 31.5. The van der Waals surface area contributed by atoms with E-state index in [4.69, 9.17) is 9.57 Å². The number of H-pyrrole nitrogens is 1. The molecule has 3 saturated heterocycles. The second kappa shape index (κ2) is 14.0. The number of aromatic nitrogens is 1. The highest BCUT2D eigenvalue weighted by Gasteiger charge is 2.48. The van der Waals surface area contributed by atoms with Crippen LogP contribution in [0.3, 0.4) is 0 Å². The lowest BCUT2D eigenvalue weighted by molar-refractivity contribution is -0.377. The van der Waals surface area contributed by atoms with E-state index in [2.05, 4.69) is 19.6 Å². The lowest BCUT2D eigenvalue weighted by Gasteiger charge is -2.29. The topological polar surface area (TPSA) is 175 Å². The van der Waals surface area contributed by atoms with Crippen molar-refractivity contribution in [1.29, 1.82) is 0 Å². The zero-order valence-corrected chi connectivity index (χ0v) is 23.8. The van der Waals surface area contributed by atoms with Crippen LogP contribution >= 0.6 is 0 Å². The summed E-state index contributed by atoms with van der Waals surface area (Å²) in [6.45, 7) is 8.82. The number of hydrogen-bond donors (Lipinski definition) is 1. The van der Waals surface area contributed by atoms with E-state index in [0.29, 0.717) is 37.7 Å². The Morgan fingerprint density at radius 1 is 1.10 bits per heavy atom. The van der Waals surface area contributed by atoms with Gasteiger partial charge in [0.25, 0.3) is 5.91 Å². The standard InChI is InChI=1S/C19H33N5O9S.C5H5N/c1-19(2,3)32-18(27)22-8-4-7-21(9-10-22)11-12-31-20-16(25)15-6-5-14-13-23(15)17(26)24(14)33-34(28,29)30;1-2-4-6-5-3-1/h14-15H,4-13H2,1-3H3,(H,20,25)(H,28,29,30);1-5H/t14-,15+;/m1./s1. The molecule has 40 heavy (non-hydrogen) atoms. The van der Waals surface area contributed by atoms with E-state index >= 15 is 0 Å². The van der Waals surface area contributed by atoms with Gasteiger partial charge in [-0.2, -0.15) is 9.35 Å². The second-order valence-corrected chi connectivity index (χ2v) is 11.5. The molecule has 3 aliphatic heterocycles. The predicted octanol–water partition coefficient (Wildman–Crippen LogP) is 0.138. The number of nitrogens with one attached hydrogen (secondary N) is 2. The second-order valence-electron chi connectivity index (χ2n) is 10.5. The summed E-state index contributed by atoms with van der Waals surface area (Å²) in [5.74, 6) is -0.536. The van der Waals surface area contributed by atoms with Gasteiger partial charge in [0.05, 0.1) is 12.6 Å². The first-order valence-corrected chi connectivity index (χ1v) is 14.5. The fourth-order valence-electron chi connectivity index (χ4n) is 4.51. The molecule has 4 heterocycles. The number of urea groups is 1. The lowest BCUT2D eigenvalue weighted by atomic mass is 10.0. The monoisotopic (exact) mass is 586 g/mol. The number of piperidine rings is 1. The van der Waals surface area contributed by atoms with Crippen molar-refractivity contribution in [3.8, 4) is 0 Å². The molecule has 3 fully saturated rings. The fraction of sp³-hybridized carbons (Fsp3) is 0.667. The minimum atomic E-state index is -5.09. The van der Waals surface area contributed by atoms with Gasteiger partial charge in [0, 0.05) is 44.9 Å². The van der Waals surface area contributed by atoms with Gasteiger partial charge in [-0.15, -0.1) is 0 Å². The molecule has 2 atom stereocenters. The molecule has 4 rings (SSSR count). The van der Waals surface area contributed by atoms with E-state index in [1.165, 1.54) is 0 Å². The van der Waals surface area contributed by atoms with Gasteiger partial charge in [0.15, 0.2) is 12.4 Å². The number of pyridine rings is 1. The maximum atomic E-state index is 12.5. The number of hydroxylamine groups is 3. The van der Waals surface area contributed by atoms with Gasteiger partial charge in [0.1, 0.15) is 11.6 Å². The summed E-state index contributed by atoms with van der Waals surface area (Å²) in [6.07, 6.45) is 4.78. The highest BCUT2D eigenvalue weighted by molar-refractivity contribution is 7.80. The van der Waals surface area contributed by atoms with Gasteiger partial charge < -0.3 is 19.1 Å². The van der Waals surface area contributed by atoms with E-state index in [0.717, 1.165) is 17.9 Å². The molecule has 2 bridgehead atoms. The normalized spacial score (nSPS) is 21.8. The van der Waals surface area contributed by atoms with Gasteiger partial charge in [-0.25, -0.2) is 28.5 Å². The van der Waals surface area contributed by atoms with E-state index < -0.39 is 40.0 Å². The van der Waals surface area contributed by atoms with E-state index in [9.17, 15) is 27.4 Å². The Morgan fingerprint density at radius 3 is 2.42 bits per heavy atom. The first-order valence-electron chi connectivity index (χ1n) is 13.1. The molecule has 2 N–H and O–H groups in total. The summed E-state index contributed by atoms with van der Waals surface area (Å²) < 4.78 is 42.2. The van der Waals surface area contributed by atoms with E-state index in [-0.39, 0.29) is 25.7 Å².